The minimum atomic E-state index is -0.894. The summed E-state index contributed by atoms with van der Waals surface area (Å²) in [6, 6.07) is 0.511. The smallest absolute Gasteiger partial charge is 0.346 e. The molecule has 24 heavy (non-hydrogen) atoms. The summed E-state index contributed by atoms with van der Waals surface area (Å²) in [4.78, 5) is 26.1. The molecular weight excluding hydrogens is 328 g/mol. The van der Waals surface area contributed by atoms with Gasteiger partial charge < -0.3 is 14.7 Å². The first-order valence-corrected chi connectivity index (χ1v) is 9.01. The van der Waals surface area contributed by atoms with E-state index in [1.54, 1.807) is 6.33 Å². The molecule has 0 aliphatic carbocycles. The summed E-state index contributed by atoms with van der Waals surface area (Å²) in [7, 11) is 0. The van der Waals surface area contributed by atoms with Gasteiger partial charge >= 0.3 is 5.97 Å². The summed E-state index contributed by atoms with van der Waals surface area (Å²) >= 11 is 1.23. The molecule has 8 heteroatoms. The molecule has 4 heterocycles. The van der Waals surface area contributed by atoms with Crippen LogP contribution in [-0.2, 0) is 4.74 Å². The van der Waals surface area contributed by atoms with Crippen LogP contribution in [0.4, 0.5) is 5.82 Å². The van der Waals surface area contributed by atoms with Crippen molar-refractivity contribution in [3.63, 3.8) is 0 Å². The van der Waals surface area contributed by atoms with Crippen LogP contribution in [0.2, 0.25) is 0 Å². The van der Waals surface area contributed by atoms with Gasteiger partial charge in [0.25, 0.3) is 0 Å². The Morgan fingerprint density at radius 1 is 1.33 bits per heavy atom. The van der Waals surface area contributed by atoms with Crippen LogP contribution in [0.3, 0.4) is 0 Å². The number of carbonyl (C=O) groups is 1. The summed E-state index contributed by atoms with van der Waals surface area (Å²) in [5.41, 5.74) is 0.771. The molecule has 2 aliphatic heterocycles. The maximum Gasteiger partial charge on any atom is 0.346 e. The lowest BCUT2D eigenvalue weighted by atomic mass is 10.2. The molecule has 2 fully saturated rings. The summed E-state index contributed by atoms with van der Waals surface area (Å²) in [5.74, 6) is -0.0222. The van der Waals surface area contributed by atoms with Crippen LogP contribution in [0, 0.1) is 6.92 Å². The number of ether oxygens (including phenoxy) is 1. The standard InChI is InChI=1S/C16H20N4O3S/c1-10-12-14(17-9-18-15(12)24-13(10)16(21)22)20-3-2-11(8-20)19-4-6-23-7-5-19/h9,11H,2-8H2,1H3,(H,21,22). The van der Waals surface area contributed by atoms with Crippen molar-refractivity contribution in [2.24, 2.45) is 0 Å². The largest absolute Gasteiger partial charge is 0.477 e. The highest BCUT2D eigenvalue weighted by molar-refractivity contribution is 7.20. The molecule has 1 N–H and O–H groups in total. The number of carboxylic acid groups (broad SMARTS) is 1. The van der Waals surface area contributed by atoms with Crippen LogP contribution in [-0.4, -0.2) is 71.4 Å². The predicted molar refractivity (Wildman–Crippen MR) is 92.1 cm³/mol. The number of fused-ring (bicyclic) bond motifs is 1. The third-order valence-corrected chi connectivity index (χ3v) is 6.11. The first kappa shape index (κ1) is 15.7. The zero-order valence-corrected chi connectivity index (χ0v) is 14.4. The maximum absolute atomic E-state index is 11.4. The molecule has 0 saturated carbocycles. The van der Waals surface area contributed by atoms with Crippen LogP contribution in [0.25, 0.3) is 10.2 Å². The predicted octanol–water partition coefficient (Wildman–Crippen LogP) is 1.61. The zero-order valence-electron chi connectivity index (χ0n) is 13.6. The molecule has 0 spiro atoms. The second kappa shape index (κ2) is 6.27. The highest BCUT2D eigenvalue weighted by Crippen LogP contribution is 2.36. The molecule has 1 unspecified atom stereocenters. The van der Waals surface area contributed by atoms with Gasteiger partial charge in [-0.3, -0.25) is 4.90 Å². The van der Waals surface area contributed by atoms with E-state index >= 15 is 0 Å². The van der Waals surface area contributed by atoms with E-state index in [-0.39, 0.29) is 0 Å². The fourth-order valence-corrected chi connectivity index (χ4v) is 4.65. The van der Waals surface area contributed by atoms with Gasteiger partial charge in [-0.1, -0.05) is 0 Å². The zero-order chi connectivity index (χ0) is 16.7. The molecule has 128 valence electrons. The molecule has 0 amide bonds. The highest BCUT2D eigenvalue weighted by Gasteiger charge is 2.31. The molecule has 2 aliphatic rings. The maximum atomic E-state index is 11.4. The van der Waals surface area contributed by atoms with Crippen LogP contribution >= 0.6 is 11.3 Å². The molecule has 0 radical (unpaired) electrons. The van der Waals surface area contributed by atoms with Gasteiger partial charge in [0.1, 0.15) is 21.9 Å². The fraction of sp³-hybridized carbons (Fsp3) is 0.562. The summed E-state index contributed by atoms with van der Waals surface area (Å²) in [6.45, 7) is 7.29. The Bertz CT molecular complexity index is 772. The van der Waals surface area contributed by atoms with Crippen molar-refractivity contribution in [1.29, 1.82) is 0 Å². The molecule has 4 rings (SSSR count). The van der Waals surface area contributed by atoms with Gasteiger partial charge in [0, 0.05) is 32.2 Å². The van der Waals surface area contributed by atoms with Crippen molar-refractivity contribution >= 4 is 33.3 Å². The Morgan fingerprint density at radius 2 is 2.12 bits per heavy atom. The number of hydrogen-bond donors (Lipinski definition) is 1. The first-order valence-electron chi connectivity index (χ1n) is 8.19. The number of nitrogens with zero attached hydrogens (tertiary/aromatic N) is 4. The van der Waals surface area contributed by atoms with E-state index in [0.29, 0.717) is 10.9 Å². The van der Waals surface area contributed by atoms with Crippen LogP contribution in [0.1, 0.15) is 21.7 Å². The Morgan fingerprint density at radius 3 is 2.88 bits per heavy atom. The number of morpholine rings is 1. The normalized spacial score (nSPS) is 22.4. The number of rotatable bonds is 3. The van der Waals surface area contributed by atoms with Gasteiger partial charge in [-0.15, -0.1) is 11.3 Å². The summed E-state index contributed by atoms with van der Waals surface area (Å²) in [5, 5.41) is 10.3. The summed E-state index contributed by atoms with van der Waals surface area (Å²) in [6.07, 6.45) is 2.64. The van der Waals surface area contributed by atoms with E-state index in [1.807, 2.05) is 6.92 Å². The Kier molecular flexibility index (Phi) is 4.11. The molecule has 0 aromatic carbocycles. The number of aryl methyl sites for hydroxylation is 1. The topological polar surface area (TPSA) is 78.8 Å². The number of carboxylic acids is 1. The fourth-order valence-electron chi connectivity index (χ4n) is 3.67. The van der Waals surface area contributed by atoms with Gasteiger partial charge in [0.05, 0.1) is 18.6 Å². The molecular formula is C16H20N4O3S. The van der Waals surface area contributed by atoms with E-state index in [4.69, 9.17) is 4.74 Å². The SMILES string of the molecule is Cc1c(C(=O)O)sc2ncnc(N3CCC(N4CCOCC4)C3)c12. The second-order valence-corrected chi connectivity index (χ2v) is 7.27. The van der Waals surface area contributed by atoms with Gasteiger partial charge in [-0.05, 0) is 18.9 Å². The van der Waals surface area contributed by atoms with Gasteiger partial charge in [0.15, 0.2) is 0 Å². The molecule has 0 bridgehead atoms. The van der Waals surface area contributed by atoms with Crippen molar-refractivity contribution in [1.82, 2.24) is 14.9 Å². The van der Waals surface area contributed by atoms with Crippen molar-refractivity contribution in [2.45, 2.75) is 19.4 Å². The number of thiophene rings is 1. The van der Waals surface area contributed by atoms with E-state index in [0.717, 1.165) is 67.4 Å². The van der Waals surface area contributed by atoms with Gasteiger partial charge in [-0.2, -0.15) is 0 Å². The minimum Gasteiger partial charge on any atom is -0.477 e. The average molecular weight is 348 g/mol. The van der Waals surface area contributed by atoms with Crippen molar-refractivity contribution in [3.05, 3.63) is 16.8 Å². The van der Waals surface area contributed by atoms with Gasteiger partial charge in [0.2, 0.25) is 0 Å². The summed E-state index contributed by atoms with van der Waals surface area (Å²) < 4.78 is 5.44. The molecule has 1 atom stereocenters. The first-order chi connectivity index (χ1) is 11.6. The van der Waals surface area contributed by atoms with Crippen LogP contribution < -0.4 is 4.90 Å². The molecule has 2 aromatic rings. The lowest BCUT2D eigenvalue weighted by molar-refractivity contribution is 0.0209. The third-order valence-electron chi connectivity index (χ3n) is 4.93. The molecule has 2 aromatic heterocycles. The van der Waals surface area contributed by atoms with Crippen molar-refractivity contribution in [3.8, 4) is 0 Å². The Hall–Kier alpha value is -1.77. The minimum absolute atomic E-state index is 0.357. The van der Waals surface area contributed by atoms with Crippen molar-refractivity contribution in [2.75, 3.05) is 44.3 Å². The Labute approximate surface area is 143 Å². The molecule has 7 nitrogen and oxygen atoms in total. The number of anilines is 1. The van der Waals surface area contributed by atoms with E-state index in [9.17, 15) is 9.90 Å². The number of hydrogen-bond acceptors (Lipinski definition) is 7. The number of aromatic carboxylic acids is 1. The van der Waals surface area contributed by atoms with Crippen LogP contribution in [0.5, 0.6) is 0 Å². The third kappa shape index (κ3) is 2.64. The second-order valence-electron chi connectivity index (χ2n) is 6.28. The number of aromatic nitrogens is 2. The average Bonchev–Trinajstić information content (AvgIpc) is 3.21. The van der Waals surface area contributed by atoms with Gasteiger partial charge in [-0.25, -0.2) is 14.8 Å². The van der Waals surface area contributed by atoms with E-state index in [1.165, 1.54) is 11.3 Å². The lowest BCUT2D eigenvalue weighted by Gasteiger charge is -2.32. The van der Waals surface area contributed by atoms with E-state index in [2.05, 4.69) is 19.8 Å². The quantitative estimate of drug-likeness (QED) is 0.903. The van der Waals surface area contributed by atoms with Crippen molar-refractivity contribution < 1.29 is 14.6 Å². The van der Waals surface area contributed by atoms with E-state index < -0.39 is 5.97 Å². The van der Waals surface area contributed by atoms with Crippen LogP contribution in [0.15, 0.2) is 6.33 Å². The monoisotopic (exact) mass is 348 g/mol. The lowest BCUT2D eigenvalue weighted by Crippen LogP contribution is -2.44. The molecule has 2 saturated heterocycles. The Balaban J connectivity index is 1.63. The highest BCUT2D eigenvalue weighted by atomic mass is 32.1.